The fraction of sp³-hybridized carbons (Fsp3) is 0.333. The van der Waals surface area contributed by atoms with Crippen LogP contribution < -0.4 is 10.1 Å². The summed E-state index contributed by atoms with van der Waals surface area (Å²) in [6, 6.07) is 3.18. The van der Waals surface area contributed by atoms with E-state index in [1.165, 1.54) is 0 Å². The van der Waals surface area contributed by atoms with Crippen molar-refractivity contribution >= 4 is 17.5 Å². The standard InChI is InChI=1S/C9H9ClN2O2/c1-5-4-11-8(13)6-2-3-7(10)12-9(6)14-5/h2-3,5H,4H2,1H3,(H,11,13). The highest BCUT2D eigenvalue weighted by atomic mass is 35.5. The zero-order valence-corrected chi connectivity index (χ0v) is 8.34. The third kappa shape index (κ3) is 1.65. The van der Waals surface area contributed by atoms with Gasteiger partial charge in [0.05, 0.1) is 6.54 Å². The number of hydrogen-bond donors (Lipinski definition) is 1. The number of carbonyl (C=O) groups is 1. The van der Waals surface area contributed by atoms with Crippen LogP contribution in [0.4, 0.5) is 0 Å². The Morgan fingerprint density at radius 3 is 3.21 bits per heavy atom. The Morgan fingerprint density at radius 2 is 2.43 bits per heavy atom. The van der Waals surface area contributed by atoms with Crippen molar-refractivity contribution in [3.8, 4) is 5.88 Å². The first kappa shape index (κ1) is 9.27. The SMILES string of the molecule is CC1CNC(=O)c2ccc(Cl)nc2O1. The van der Waals surface area contributed by atoms with E-state index >= 15 is 0 Å². The summed E-state index contributed by atoms with van der Waals surface area (Å²) in [7, 11) is 0. The maximum absolute atomic E-state index is 11.5. The van der Waals surface area contributed by atoms with Gasteiger partial charge in [-0.05, 0) is 19.1 Å². The minimum atomic E-state index is -0.173. The van der Waals surface area contributed by atoms with Crippen molar-refractivity contribution in [2.75, 3.05) is 6.54 Å². The number of ether oxygens (including phenoxy) is 1. The molecule has 0 radical (unpaired) electrons. The molecule has 4 nitrogen and oxygen atoms in total. The third-order valence-corrected chi connectivity index (χ3v) is 2.14. The lowest BCUT2D eigenvalue weighted by Crippen LogP contribution is -2.29. The molecule has 2 rings (SSSR count). The molecule has 1 unspecified atom stereocenters. The van der Waals surface area contributed by atoms with Crippen molar-refractivity contribution in [2.45, 2.75) is 13.0 Å². The summed E-state index contributed by atoms with van der Waals surface area (Å²) in [6.45, 7) is 2.34. The van der Waals surface area contributed by atoms with E-state index in [1.54, 1.807) is 12.1 Å². The Bertz CT molecular complexity index is 381. The fourth-order valence-electron chi connectivity index (χ4n) is 1.24. The van der Waals surface area contributed by atoms with Crippen LogP contribution in [0.25, 0.3) is 0 Å². The molecule has 0 saturated carbocycles. The molecule has 0 bridgehead atoms. The Balaban J connectivity index is 2.47. The Kier molecular flexibility index (Phi) is 2.29. The number of halogens is 1. The minimum Gasteiger partial charge on any atom is -0.472 e. The highest BCUT2D eigenvalue weighted by Crippen LogP contribution is 2.21. The summed E-state index contributed by atoms with van der Waals surface area (Å²) in [5, 5.41) is 3.05. The van der Waals surface area contributed by atoms with E-state index in [-0.39, 0.29) is 12.0 Å². The number of aromatic nitrogens is 1. The number of hydrogen-bond acceptors (Lipinski definition) is 3. The van der Waals surface area contributed by atoms with Gasteiger partial charge >= 0.3 is 0 Å². The van der Waals surface area contributed by atoms with Gasteiger partial charge in [0.25, 0.3) is 5.91 Å². The lowest BCUT2D eigenvalue weighted by molar-refractivity contribution is 0.0952. The van der Waals surface area contributed by atoms with Gasteiger partial charge in [-0.2, -0.15) is 0 Å². The molecule has 1 aliphatic rings. The molecule has 0 spiro atoms. The summed E-state index contributed by atoms with van der Waals surface area (Å²) in [5.41, 5.74) is 0.429. The van der Waals surface area contributed by atoms with Crippen LogP contribution in [-0.2, 0) is 0 Å². The summed E-state index contributed by atoms with van der Waals surface area (Å²) in [5.74, 6) is 0.133. The second kappa shape index (κ2) is 3.46. The number of fused-ring (bicyclic) bond motifs is 1. The van der Waals surface area contributed by atoms with Crippen LogP contribution >= 0.6 is 11.6 Å². The zero-order valence-electron chi connectivity index (χ0n) is 7.58. The van der Waals surface area contributed by atoms with E-state index in [1.807, 2.05) is 6.92 Å². The monoisotopic (exact) mass is 212 g/mol. The van der Waals surface area contributed by atoms with Crippen molar-refractivity contribution in [3.63, 3.8) is 0 Å². The number of amides is 1. The average molecular weight is 213 g/mol. The van der Waals surface area contributed by atoms with Crippen LogP contribution in [0.15, 0.2) is 12.1 Å². The molecule has 5 heteroatoms. The van der Waals surface area contributed by atoms with E-state index in [9.17, 15) is 4.79 Å². The summed E-state index contributed by atoms with van der Waals surface area (Å²) >= 11 is 5.70. The normalized spacial score (nSPS) is 20.4. The molecule has 0 aliphatic carbocycles. The molecule has 0 fully saturated rings. The Labute approximate surface area is 86.2 Å². The van der Waals surface area contributed by atoms with Crippen molar-refractivity contribution in [1.29, 1.82) is 0 Å². The van der Waals surface area contributed by atoms with Crippen molar-refractivity contribution in [2.24, 2.45) is 0 Å². The van der Waals surface area contributed by atoms with Crippen LogP contribution in [0.5, 0.6) is 5.88 Å². The van der Waals surface area contributed by atoms with Gasteiger partial charge in [0, 0.05) is 0 Å². The largest absolute Gasteiger partial charge is 0.472 e. The summed E-state index contributed by atoms with van der Waals surface area (Å²) in [6.07, 6.45) is -0.0915. The van der Waals surface area contributed by atoms with Gasteiger partial charge in [-0.15, -0.1) is 0 Å². The maximum atomic E-state index is 11.5. The number of rotatable bonds is 0. The molecule has 1 atom stereocenters. The molecule has 1 amide bonds. The van der Waals surface area contributed by atoms with Crippen LogP contribution in [-0.4, -0.2) is 23.5 Å². The first-order valence-corrected chi connectivity index (χ1v) is 4.66. The van der Waals surface area contributed by atoms with E-state index in [4.69, 9.17) is 16.3 Å². The molecule has 1 aliphatic heterocycles. The van der Waals surface area contributed by atoms with Gasteiger partial charge in [0.2, 0.25) is 5.88 Å². The zero-order chi connectivity index (χ0) is 10.1. The van der Waals surface area contributed by atoms with Crippen LogP contribution in [0.3, 0.4) is 0 Å². The van der Waals surface area contributed by atoms with Crippen molar-refractivity contribution < 1.29 is 9.53 Å². The average Bonchev–Trinajstić information content (AvgIpc) is 2.26. The molecule has 0 aromatic carbocycles. The maximum Gasteiger partial charge on any atom is 0.256 e. The molecular formula is C9H9ClN2O2. The van der Waals surface area contributed by atoms with Crippen LogP contribution in [0.2, 0.25) is 5.15 Å². The van der Waals surface area contributed by atoms with Crippen LogP contribution in [0, 0.1) is 0 Å². The van der Waals surface area contributed by atoms with Gasteiger partial charge in [-0.1, -0.05) is 11.6 Å². The number of nitrogens with zero attached hydrogens (tertiary/aromatic N) is 1. The van der Waals surface area contributed by atoms with Crippen molar-refractivity contribution in [1.82, 2.24) is 10.3 Å². The number of pyridine rings is 1. The summed E-state index contributed by atoms with van der Waals surface area (Å²) in [4.78, 5) is 15.4. The fourth-order valence-corrected chi connectivity index (χ4v) is 1.38. The van der Waals surface area contributed by atoms with E-state index in [2.05, 4.69) is 10.3 Å². The first-order valence-electron chi connectivity index (χ1n) is 4.28. The van der Waals surface area contributed by atoms with E-state index in [0.717, 1.165) is 0 Å². The second-order valence-electron chi connectivity index (χ2n) is 3.13. The quantitative estimate of drug-likeness (QED) is 0.659. The van der Waals surface area contributed by atoms with E-state index in [0.29, 0.717) is 23.1 Å². The minimum absolute atomic E-state index is 0.0915. The van der Waals surface area contributed by atoms with E-state index < -0.39 is 0 Å². The predicted molar refractivity (Wildman–Crippen MR) is 51.7 cm³/mol. The highest BCUT2D eigenvalue weighted by molar-refractivity contribution is 6.29. The molecule has 1 N–H and O–H groups in total. The lowest BCUT2D eigenvalue weighted by atomic mass is 10.2. The molecule has 0 saturated heterocycles. The summed E-state index contributed by atoms with van der Waals surface area (Å²) < 4.78 is 5.43. The first-order chi connectivity index (χ1) is 6.66. The molecule has 14 heavy (non-hydrogen) atoms. The van der Waals surface area contributed by atoms with Gasteiger partial charge in [-0.25, -0.2) is 4.98 Å². The number of carbonyl (C=O) groups excluding carboxylic acids is 1. The Hall–Kier alpha value is -1.29. The topological polar surface area (TPSA) is 51.2 Å². The molecule has 2 heterocycles. The highest BCUT2D eigenvalue weighted by Gasteiger charge is 2.21. The Morgan fingerprint density at radius 1 is 1.64 bits per heavy atom. The lowest BCUT2D eigenvalue weighted by Gasteiger charge is -2.09. The smallest absolute Gasteiger partial charge is 0.256 e. The predicted octanol–water partition coefficient (Wildman–Crippen LogP) is 1.25. The van der Waals surface area contributed by atoms with Crippen molar-refractivity contribution in [3.05, 3.63) is 22.8 Å². The van der Waals surface area contributed by atoms with Gasteiger partial charge < -0.3 is 10.1 Å². The molecule has 1 aromatic heterocycles. The molecular weight excluding hydrogens is 204 g/mol. The van der Waals surface area contributed by atoms with Gasteiger partial charge in [0.1, 0.15) is 16.8 Å². The van der Waals surface area contributed by atoms with Crippen LogP contribution in [0.1, 0.15) is 17.3 Å². The van der Waals surface area contributed by atoms with Gasteiger partial charge in [0.15, 0.2) is 0 Å². The van der Waals surface area contributed by atoms with Gasteiger partial charge in [-0.3, -0.25) is 4.79 Å². The third-order valence-electron chi connectivity index (χ3n) is 1.93. The molecule has 1 aromatic rings. The second-order valence-corrected chi connectivity index (χ2v) is 3.51. The molecule has 74 valence electrons. The number of nitrogens with one attached hydrogen (secondary N) is 1.